The van der Waals surface area contributed by atoms with Crippen molar-refractivity contribution in [3.63, 3.8) is 0 Å². The normalized spacial score (nSPS) is 25.4. The first kappa shape index (κ1) is 21.3. The summed E-state index contributed by atoms with van der Waals surface area (Å²) in [5, 5.41) is 3.16. The molecule has 0 aromatic rings. The van der Waals surface area contributed by atoms with Gasteiger partial charge in [0.25, 0.3) is 0 Å². The third kappa shape index (κ3) is 4.89. The Bertz CT molecular complexity index is 531. The van der Waals surface area contributed by atoms with E-state index in [0.717, 1.165) is 5.57 Å². The fourth-order valence-corrected chi connectivity index (χ4v) is 4.15. The summed E-state index contributed by atoms with van der Waals surface area (Å²) in [6.45, 7) is 22.4. The second-order valence-corrected chi connectivity index (χ2v) is 14.4. The Morgan fingerprint density at radius 3 is 2.08 bits per heavy atom. The fraction of sp³-hybridized carbons (Fsp3) is 0.778. The van der Waals surface area contributed by atoms with Gasteiger partial charge in [-0.3, -0.25) is 0 Å². The molecule has 0 unspecified atom stereocenters. The molecule has 0 spiro atoms. The molecule has 1 fully saturated rings. The first-order valence-electron chi connectivity index (χ1n) is 8.43. The molecule has 3 atom stereocenters. The van der Waals surface area contributed by atoms with Crippen LogP contribution in [-0.4, -0.2) is 37.0 Å². The predicted molar refractivity (Wildman–Crippen MR) is 106 cm³/mol. The van der Waals surface area contributed by atoms with E-state index in [9.17, 15) is 4.79 Å². The first-order chi connectivity index (χ1) is 10.6. The highest BCUT2D eigenvalue weighted by Crippen LogP contribution is 2.40. The molecule has 138 valence electrons. The van der Waals surface area contributed by atoms with E-state index in [1.807, 2.05) is 27.7 Å². The minimum absolute atomic E-state index is 0.0370. The Kier molecular flexibility index (Phi) is 6.11. The van der Waals surface area contributed by atoms with Crippen LogP contribution in [0.4, 0.5) is 0 Å². The number of esters is 1. The van der Waals surface area contributed by atoms with Crippen LogP contribution >= 0.6 is 12.2 Å². The molecule has 1 saturated heterocycles. The summed E-state index contributed by atoms with van der Waals surface area (Å²) in [6, 6.07) is -0.590. The van der Waals surface area contributed by atoms with Crippen LogP contribution in [0, 0.1) is 5.92 Å². The second-order valence-electron chi connectivity index (χ2n) is 9.19. The van der Waals surface area contributed by atoms with E-state index in [2.05, 4.69) is 45.8 Å². The van der Waals surface area contributed by atoms with Crippen LogP contribution in [0.3, 0.4) is 0 Å². The molecule has 4 nitrogen and oxygen atoms in total. The SMILES string of the molecule is C=C(C)[C@H]1C(=S)N[C@H](C(=O)OC(C)(C)C)[C@@H]1O[Si](C)(C)C(C)(C)C. The van der Waals surface area contributed by atoms with Crippen molar-refractivity contribution in [1.29, 1.82) is 0 Å². The number of nitrogens with one attached hydrogen (secondary N) is 1. The lowest BCUT2D eigenvalue weighted by Crippen LogP contribution is -2.51. The molecule has 0 aromatic carbocycles. The summed E-state index contributed by atoms with van der Waals surface area (Å²) in [5.74, 6) is -0.482. The molecule has 0 aromatic heterocycles. The van der Waals surface area contributed by atoms with Crippen molar-refractivity contribution >= 4 is 31.5 Å². The molecule has 1 heterocycles. The maximum absolute atomic E-state index is 12.7. The van der Waals surface area contributed by atoms with Gasteiger partial charge in [0.2, 0.25) is 0 Å². The highest BCUT2D eigenvalue weighted by atomic mass is 32.1. The molecular formula is C18H33NO3SSi. The number of carbonyl (C=O) groups is 1. The standard InChI is InChI=1S/C18H33NO3SSi/c1-11(2)12-14(22-24(9,10)18(6,7)8)13(19-15(12)23)16(20)21-17(3,4)5/h12-14H,1H2,2-10H3,(H,19,23)/t12-,13+,14-/m1/s1. The Balaban J connectivity index is 3.17. The lowest BCUT2D eigenvalue weighted by atomic mass is 9.95. The van der Waals surface area contributed by atoms with Crippen molar-refractivity contribution < 1.29 is 14.0 Å². The van der Waals surface area contributed by atoms with Crippen LogP contribution in [0.5, 0.6) is 0 Å². The topological polar surface area (TPSA) is 47.6 Å². The number of hydrogen-bond acceptors (Lipinski definition) is 4. The summed E-state index contributed by atoms with van der Waals surface area (Å²) in [4.78, 5) is 13.3. The monoisotopic (exact) mass is 371 g/mol. The minimum atomic E-state index is -2.08. The third-order valence-corrected chi connectivity index (χ3v) is 9.51. The summed E-state index contributed by atoms with van der Waals surface area (Å²) in [6.07, 6.45) is -0.370. The quantitative estimate of drug-likeness (QED) is 0.347. The molecule has 0 amide bonds. The smallest absolute Gasteiger partial charge is 0.331 e. The van der Waals surface area contributed by atoms with E-state index in [0.29, 0.717) is 4.99 Å². The summed E-state index contributed by atoms with van der Waals surface area (Å²) in [5.41, 5.74) is 0.353. The molecule has 1 aliphatic rings. The van der Waals surface area contributed by atoms with Crippen LogP contribution < -0.4 is 5.32 Å². The average molecular weight is 372 g/mol. The molecule has 1 N–H and O–H groups in total. The van der Waals surface area contributed by atoms with E-state index >= 15 is 0 Å². The summed E-state index contributed by atoms with van der Waals surface area (Å²) >= 11 is 5.47. The van der Waals surface area contributed by atoms with Gasteiger partial charge in [-0.1, -0.05) is 45.1 Å². The highest BCUT2D eigenvalue weighted by molar-refractivity contribution is 7.80. The molecule has 0 bridgehead atoms. The zero-order chi connectivity index (χ0) is 19.1. The molecule has 1 aliphatic heterocycles. The lowest BCUT2D eigenvalue weighted by molar-refractivity contribution is -0.159. The average Bonchev–Trinajstić information content (AvgIpc) is 2.61. The van der Waals surface area contributed by atoms with Crippen LogP contribution in [-0.2, 0) is 14.0 Å². The van der Waals surface area contributed by atoms with Crippen molar-refractivity contribution in [3.8, 4) is 0 Å². The minimum Gasteiger partial charge on any atom is -0.458 e. The van der Waals surface area contributed by atoms with Crippen LogP contribution in [0.15, 0.2) is 12.2 Å². The van der Waals surface area contributed by atoms with Gasteiger partial charge in [0, 0.05) is 0 Å². The summed E-state index contributed by atoms with van der Waals surface area (Å²) in [7, 11) is -2.08. The van der Waals surface area contributed by atoms with Crippen LogP contribution in [0.2, 0.25) is 18.1 Å². The lowest BCUT2D eigenvalue weighted by Gasteiger charge is -2.40. The number of ether oxygens (including phenoxy) is 1. The van der Waals surface area contributed by atoms with Crippen molar-refractivity contribution in [1.82, 2.24) is 5.32 Å². The van der Waals surface area contributed by atoms with E-state index < -0.39 is 20.0 Å². The first-order valence-corrected chi connectivity index (χ1v) is 11.7. The van der Waals surface area contributed by atoms with Crippen molar-refractivity contribution in [2.45, 2.75) is 84.3 Å². The number of carbonyl (C=O) groups excluding carboxylic acids is 1. The van der Waals surface area contributed by atoms with Crippen molar-refractivity contribution in [3.05, 3.63) is 12.2 Å². The zero-order valence-corrected chi connectivity index (χ0v) is 18.4. The third-order valence-electron chi connectivity index (χ3n) is 4.67. The highest BCUT2D eigenvalue weighted by Gasteiger charge is 2.50. The maximum Gasteiger partial charge on any atom is 0.331 e. The van der Waals surface area contributed by atoms with E-state index in [4.69, 9.17) is 21.4 Å². The fourth-order valence-electron chi connectivity index (χ4n) is 2.38. The molecular weight excluding hydrogens is 338 g/mol. The van der Waals surface area contributed by atoms with Gasteiger partial charge >= 0.3 is 5.97 Å². The Hall–Kier alpha value is -0.723. The Labute approximate surface area is 153 Å². The van der Waals surface area contributed by atoms with Gasteiger partial charge in [0.1, 0.15) is 5.60 Å². The molecule has 1 rings (SSSR count). The Morgan fingerprint density at radius 2 is 1.71 bits per heavy atom. The van der Waals surface area contributed by atoms with Gasteiger partial charge in [-0.15, -0.1) is 0 Å². The van der Waals surface area contributed by atoms with Gasteiger partial charge < -0.3 is 14.5 Å². The zero-order valence-electron chi connectivity index (χ0n) is 16.6. The van der Waals surface area contributed by atoms with Gasteiger partial charge in [0.15, 0.2) is 14.4 Å². The van der Waals surface area contributed by atoms with Gasteiger partial charge in [-0.2, -0.15) is 0 Å². The molecule has 0 radical (unpaired) electrons. The largest absolute Gasteiger partial charge is 0.458 e. The van der Waals surface area contributed by atoms with Gasteiger partial charge in [-0.05, 0) is 45.8 Å². The predicted octanol–water partition coefficient (Wildman–Crippen LogP) is 4.21. The molecule has 0 saturated carbocycles. The number of hydrogen-bond donors (Lipinski definition) is 1. The van der Waals surface area contributed by atoms with Gasteiger partial charge in [-0.25, -0.2) is 4.79 Å². The van der Waals surface area contributed by atoms with E-state index in [-0.39, 0.29) is 23.0 Å². The van der Waals surface area contributed by atoms with Crippen LogP contribution in [0.1, 0.15) is 48.5 Å². The Morgan fingerprint density at radius 1 is 1.21 bits per heavy atom. The van der Waals surface area contributed by atoms with E-state index in [1.54, 1.807) is 0 Å². The molecule has 24 heavy (non-hydrogen) atoms. The van der Waals surface area contributed by atoms with Gasteiger partial charge in [0.05, 0.1) is 17.0 Å². The molecule has 0 aliphatic carbocycles. The van der Waals surface area contributed by atoms with Crippen molar-refractivity contribution in [2.24, 2.45) is 5.92 Å². The number of rotatable bonds is 4. The second kappa shape index (κ2) is 6.88. The van der Waals surface area contributed by atoms with Crippen molar-refractivity contribution in [2.75, 3.05) is 0 Å². The maximum atomic E-state index is 12.7. The summed E-state index contributed by atoms with van der Waals surface area (Å²) < 4.78 is 12.2. The number of thiocarbonyl (C=S) groups is 1. The van der Waals surface area contributed by atoms with Crippen LogP contribution in [0.25, 0.3) is 0 Å². The van der Waals surface area contributed by atoms with E-state index in [1.165, 1.54) is 0 Å². The molecule has 6 heteroatoms.